The van der Waals surface area contributed by atoms with Crippen molar-refractivity contribution >= 4 is 11.3 Å². The summed E-state index contributed by atoms with van der Waals surface area (Å²) < 4.78 is 0. The lowest BCUT2D eigenvalue weighted by Crippen LogP contribution is -2.07. The molecule has 1 rings (SSSR count). The summed E-state index contributed by atoms with van der Waals surface area (Å²) in [5.74, 6) is -0.0914. The summed E-state index contributed by atoms with van der Waals surface area (Å²) in [6.45, 7) is 0.0421. The molecule has 0 radical (unpaired) electrons. The number of hydrogen-bond acceptors (Lipinski definition) is 3. The minimum Gasteiger partial charge on any atom is -0.396 e. The summed E-state index contributed by atoms with van der Waals surface area (Å²) in [7, 11) is 0. The first-order chi connectivity index (χ1) is 4.88. The molecular weight excluding hydrogens is 148 g/mol. The summed E-state index contributed by atoms with van der Waals surface area (Å²) >= 11 is 1.58. The number of thiophene rings is 1. The van der Waals surface area contributed by atoms with Gasteiger partial charge in [0.15, 0.2) is 0 Å². The molecule has 0 unspecified atom stereocenters. The molecule has 1 aromatic heterocycles. The minimum absolute atomic E-state index is 0.0211. The standard InChI is InChI=1S/C7H10O2S/c8-3-7(4-9)6-1-2-10-5-6/h1-2,5,7-9H,3-4H2. The molecule has 1 heterocycles. The third-order valence-corrected chi connectivity index (χ3v) is 2.16. The second-order valence-electron chi connectivity index (χ2n) is 2.12. The van der Waals surface area contributed by atoms with Gasteiger partial charge in [-0.25, -0.2) is 0 Å². The predicted octanol–water partition coefficient (Wildman–Crippen LogP) is 0.816. The molecule has 2 nitrogen and oxygen atoms in total. The SMILES string of the molecule is OCC(CO)c1ccsc1. The number of aliphatic hydroxyl groups excluding tert-OH is 2. The lowest BCUT2D eigenvalue weighted by atomic mass is 10.1. The average molecular weight is 158 g/mol. The molecule has 1 aromatic rings. The smallest absolute Gasteiger partial charge is 0.0522 e. The molecule has 0 aliphatic heterocycles. The molecule has 0 fully saturated rings. The van der Waals surface area contributed by atoms with Crippen LogP contribution >= 0.6 is 11.3 Å². The van der Waals surface area contributed by atoms with E-state index in [4.69, 9.17) is 10.2 Å². The zero-order chi connectivity index (χ0) is 7.40. The fraction of sp³-hybridized carbons (Fsp3) is 0.429. The van der Waals surface area contributed by atoms with Crippen molar-refractivity contribution in [3.05, 3.63) is 22.4 Å². The second-order valence-corrected chi connectivity index (χ2v) is 2.90. The van der Waals surface area contributed by atoms with Crippen LogP contribution in [-0.4, -0.2) is 23.4 Å². The van der Waals surface area contributed by atoms with Crippen LogP contribution in [0.5, 0.6) is 0 Å². The molecule has 0 atom stereocenters. The quantitative estimate of drug-likeness (QED) is 0.683. The largest absolute Gasteiger partial charge is 0.396 e. The summed E-state index contributed by atoms with van der Waals surface area (Å²) in [5, 5.41) is 21.4. The van der Waals surface area contributed by atoms with Crippen LogP contribution in [0, 0.1) is 0 Å². The number of hydrogen-bond donors (Lipinski definition) is 2. The third-order valence-electron chi connectivity index (χ3n) is 1.46. The van der Waals surface area contributed by atoms with Crippen LogP contribution in [0.25, 0.3) is 0 Å². The number of rotatable bonds is 3. The highest BCUT2D eigenvalue weighted by Gasteiger charge is 2.07. The molecule has 0 aliphatic rings. The Morgan fingerprint density at radius 2 is 2.10 bits per heavy atom. The van der Waals surface area contributed by atoms with Gasteiger partial charge in [-0.1, -0.05) is 0 Å². The van der Waals surface area contributed by atoms with Gasteiger partial charge in [0.1, 0.15) is 0 Å². The molecule has 0 saturated heterocycles. The van der Waals surface area contributed by atoms with Crippen LogP contribution in [0.3, 0.4) is 0 Å². The molecule has 56 valence electrons. The van der Waals surface area contributed by atoms with Crippen molar-refractivity contribution in [3.63, 3.8) is 0 Å². The minimum atomic E-state index is -0.0914. The van der Waals surface area contributed by atoms with E-state index >= 15 is 0 Å². The maximum absolute atomic E-state index is 8.74. The molecule has 10 heavy (non-hydrogen) atoms. The van der Waals surface area contributed by atoms with E-state index in [1.54, 1.807) is 11.3 Å². The average Bonchev–Trinajstić information content (AvgIpc) is 2.43. The van der Waals surface area contributed by atoms with Gasteiger partial charge >= 0.3 is 0 Å². The van der Waals surface area contributed by atoms with Crippen molar-refractivity contribution in [1.29, 1.82) is 0 Å². The van der Waals surface area contributed by atoms with E-state index < -0.39 is 0 Å². The van der Waals surface area contributed by atoms with Crippen LogP contribution in [0.4, 0.5) is 0 Å². The maximum atomic E-state index is 8.74. The maximum Gasteiger partial charge on any atom is 0.0522 e. The molecule has 0 aliphatic carbocycles. The van der Waals surface area contributed by atoms with Crippen molar-refractivity contribution in [2.24, 2.45) is 0 Å². The van der Waals surface area contributed by atoms with E-state index in [-0.39, 0.29) is 19.1 Å². The Hall–Kier alpha value is -0.380. The molecule has 0 amide bonds. The fourth-order valence-electron chi connectivity index (χ4n) is 0.776. The Morgan fingerprint density at radius 1 is 1.40 bits per heavy atom. The van der Waals surface area contributed by atoms with Crippen LogP contribution < -0.4 is 0 Å². The zero-order valence-corrected chi connectivity index (χ0v) is 6.34. The van der Waals surface area contributed by atoms with Crippen molar-refractivity contribution in [2.75, 3.05) is 13.2 Å². The normalized spacial score (nSPS) is 10.7. The van der Waals surface area contributed by atoms with Crippen molar-refractivity contribution < 1.29 is 10.2 Å². The molecule has 3 heteroatoms. The van der Waals surface area contributed by atoms with E-state index in [1.165, 1.54) is 0 Å². The van der Waals surface area contributed by atoms with E-state index in [2.05, 4.69) is 0 Å². The molecule has 2 N–H and O–H groups in total. The fourth-order valence-corrected chi connectivity index (χ4v) is 1.52. The first-order valence-electron chi connectivity index (χ1n) is 3.12. The highest BCUT2D eigenvalue weighted by molar-refractivity contribution is 7.07. The molecule has 0 saturated carbocycles. The van der Waals surface area contributed by atoms with Gasteiger partial charge in [0.2, 0.25) is 0 Å². The van der Waals surface area contributed by atoms with Crippen LogP contribution in [0.1, 0.15) is 11.5 Å². The van der Waals surface area contributed by atoms with Crippen LogP contribution in [0.15, 0.2) is 16.8 Å². The Kier molecular flexibility index (Phi) is 2.86. The van der Waals surface area contributed by atoms with Crippen LogP contribution in [0.2, 0.25) is 0 Å². The Labute approximate surface area is 63.8 Å². The van der Waals surface area contributed by atoms with Crippen molar-refractivity contribution in [1.82, 2.24) is 0 Å². The number of aliphatic hydroxyl groups is 2. The van der Waals surface area contributed by atoms with Gasteiger partial charge in [0, 0.05) is 5.92 Å². The van der Waals surface area contributed by atoms with Gasteiger partial charge in [-0.15, -0.1) is 0 Å². The summed E-state index contributed by atoms with van der Waals surface area (Å²) in [4.78, 5) is 0. The molecule has 0 bridgehead atoms. The Balaban J connectivity index is 2.64. The van der Waals surface area contributed by atoms with Gasteiger partial charge in [-0.05, 0) is 22.4 Å². The summed E-state index contributed by atoms with van der Waals surface area (Å²) in [6, 6.07) is 1.92. The monoisotopic (exact) mass is 158 g/mol. The van der Waals surface area contributed by atoms with E-state index in [0.717, 1.165) is 5.56 Å². The third kappa shape index (κ3) is 1.56. The molecular formula is C7H10O2S. The lowest BCUT2D eigenvalue weighted by molar-refractivity contribution is 0.193. The second kappa shape index (κ2) is 3.71. The van der Waals surface area contributed by atoms with Gasteiger partial charge in [0.05, 0.1) is 13.2 Å². The predicted molar refractivity (Wildman–Crippen MR) is 41.2 cm³/mol. The highest BCUT2D eigenvalue weighted by atomic mass is 32.1. The Bertz CT molecular complexity index is 168. The highest BCUT2D eigenvalue weighted by Crippen LogP contribution is 2.16. The van der Waals surface area contributed by atoms with Crippen molar-refractivity contribution in [3.8, 4) is 0 Å². The van der Waals surface area contributed by atoms with Crippen molar-refractivity contribution in [2.45, 2.75) is 5.92 Å². The van der Waals surface area contributed by atoms with Gasteiger partial charge in [-0.3, -0.25) is 0 Å². The topological polar surface area (TPSA) is 40.5 Å². The summed E-state index contributed by atoms with van der Waals surface area (Å²) in [5.41, 5.74) is 1.02. The van der Waals surface area contributed by atoms with Gasteiger partial charge < -0.3 is 10.2 Å². The Morgan fingerprint density at radius 3 is 2.50 bits per heavy atom. The van der Waals surface area contributed by atoms with Crippen LogP contribution in [-0.2, 0) is 0 Å². The molecule has 0 aromatic carbocycles. The van der Waals surface area contributed by atoms with E-state index in [9.17, 15) is 0 Å². The first-order valence-corrected chi connectivity index (χ1v) is 4.06. The molecule has 0 spiro atoms. The van der Waals surface area contributed by atoms with E-state index in [1.807, 2.05) is 16.8 Å². The van der Waals surface area contributed by atoms with Gasteiger partial charge in [-0.2, -0.15) is 11.3 Å². The summed E-state index contributed by atoms with van der Waals surface area (Å²) in [6.07, 6.45) is 0. The zero-order valence-electron chi connectivity index (χ0n) is 5.53. The van der Waals surface area contributed by atoms with Gasteiger partial charge in [0.25, 0.3) is 0 Å². The lowest BCUT2D eigenvalue weighted by Gasteiger charge is -2.06. The van der Waals surface area contributed by atoms with E-state index in [0.29, 0.717) is 0 Å². The first kappa shape index (κ1) is 7.72.